The van der Waals surface area contributed by atoms with Crippen LogP contribution in [0.5, 0.6) is 0 Å². The van der Waals surface area contributed by atoms with E-state index < -0.39 is 0 Å². The summed E-state index contributed by atoms with van der Waals surface area (Å²) in [5, 5.41) is 22.5. The largest absolute Gasteiger partial charge is 0.388 e. The molecule has 1 aromatic heterocycles. The molecule has 4 N–H and O–H groups in total. The number of allylic oxidation sites excluding steroid dienone is 1. The average molecular weight is 311 g/mol. The van der Waals surface area contributed by atoms with Gasteiger partial charge < -0.3 is 21.5 Å². The van der Waals surface area contributed by atoms with E-state index in [0.717, 1.165) is 41.3 Å². The number of anilines is 1. The van der Waals surface area contributed by atoms with Gasteiger partial charge in [-0.3, -0.25) is 4.98 Å². The third kappa shape index (κ3) is 3.44. The summed E-state index contributed by atoms with van der Waals surface area (Å²) in [6.07, 6.45) is 9.59. The molecule has 0 radical (unpaired) electrons. The van der Waals surface area contributed by atoms with Gasteiger partial charge in [-0.2, -0.15) is 0 Å². The van der Waals surface area contributed by atoms with E-state index in [9.17, 15) is 0 Å². The maximum atomic E-state index is 8.47. The maximum absolute atomic E-state index is 8.47. The summed E-state index contributed by atoms with van der Waals surface area (Å²) in [5.74, 6) is 1.18. The summed E-state index contributed by atoms with van der Waals surface area (Å²) < 4.78 is 0. The first-order valence-electron chi connectivity index (χ1n) is 8.36. The molecule has 5 heteroatoms. The molecule has 122 valence electrons. The Morgan fingerprint density at radius 3 is 2.65 bits per heavy atom. The summed E-state index contributed by atoms with van der Waals surface area (Å²) in [5.41, 5.74) is 4.00. The van der Waals surface area contributed by atoms with Crippen LogP contribution in [0.2, 0.25) is 0 Å². The van der Waals surface area contributed by atoms with Gasteiger partial charge in [0.2, 0.25) is 0 Å². The van der Waals surface area contributed by atoms with Gasteiger partial charge in [-0.1, -0.05) is 6.92 Å². The van der Waals surface area contributed by atoms with Crippen molar-refractivity contribution in [1.82, 2.24) is 10.3 Å². The molecule has 2 aliphatic carbocycles. The van der Waals surface area contributed by atoms with Crippen molar-refractivity contribution in [3.8, 4) is 0 Å². The minimum atomic E-state index is 0.380. The van der Waals surface area contributed by atoms with E-state index in [1.54, 1.807) is 6.20 Å². The Bertz CT molecular complexity index is 639. The number of nitrogens with zero attached hydrogens (tertiary/aromatic N) is 1. The highest BCUT2D eigenvalue weighted by Gasteiger charge is 2.30. The first-order chi connectivity index (χ1) is 11.1. The fourth-order valence-corrected chi connectivity index (χ4v) is 3.07. The van der Waals surface area contributed by atoms with Gasteiger partial charge in [-0.15, -0.1) is 0 Å². The smallest absolute Gasteiger partial charge is 0.0755 e. The van der Waals surface area contributed by atoms with Gasteiger partial charge in [-0.05, 0) is 37.7 Å². The number of rotatable bonds is 7. The van der Waals surface area contributed by atoms with E-state index in [2.05, 4.69) is 22.5 Å². The summed E-state index contributed by atoms with van der Waals surface area (Å²) in [6, 6.07) is 2.46. The first-order valence-corrected chi connectivity index (χ1v) is 8.36. The van der Waals surface area contributed by atoms with Crippen molar-refractivity contribution in [3.05, 3.63) is 29.7 Å². The standard InChI is InChI=1S/C18H25N5/c1-11-5-14(6-11)22-10-15(18(20)12-3-4-12)17-7-16(21-2)13(8-19)9-23-17/h7-12,14,19-20,22H,3-6H2,1-2H3,(H,21,23)/b15-10-,19-8?,20-18?. The van der Waals surface area contributed by atoms with Crippen molar-refractivity contribution in [2.75, 3.05) is 12.4 Å². The first kappa shape index (κ1) is 15.7. The van der Waals surface area contributed by atoms with Crippen LogP contribution in [0.15, 0.2) is 18.5 Å². The quantitative estimate of drug-likeness (QED) is 0.583. The zero-order valence-electron chi connectivity index (χ0n) is 13.8. The van der Waals surface area contributed by atoms with Gasteiger partial charge in [0.15, 0.2) is 0 Å². The molecule has 5 nitrogen and oxygen atoms in total. The van der Waals surface area contributed by atoms with Crippen LogP contribution < -0.4 is 10.6 Å². The summed E-state index contributed by atoms with van der Waals surface area (Å²) in [4.78, 5) is 4.49. The molecule has 0 aromatic carbocycles. The van der Waals surface area contributed by atoms with E-state index in [1.807, 2.05) is 19.3 Å². The lowest BCUT2D eigenvalue weighted by atomic mass is 9.82. The van der Waals surface area contributed by atoms with Gasteiger partial charge in [-0.25, -0.2) is 0 Å². The fraction of sp³-hybridized carbons (Fsp3) is 0.500. The number of hydrogen-bond donors (Lipinski definition) is 4. The molecule has 1 aromatic rings. The van der Waals surface area contributed by atoms with Crippen LogP contribution in [-0.2, 0) is 0 Å². The van der Waals surface area contributed by atoms with Crippen LogP contribution in [0.4, 0.5) is 5.69 Å². The number of aromatic nitrogens is 1. The lowest BCUT2D eigenvalue weighted by molar-refractivity contribution is 0.261. The maximum Gasteiger partial charge on any atom is 0.0755 e. The highest BCUT2D eigenvalue weighted by atomic mass is 14.9. The number of hydrogen-bond acceptors (Lipinski definition) is 5. The molecule has 0 aliphatic heterocycles. The van der Waals surface area contributed by atoms with Gasteiger partial charge in [0.25, 0.3) is 0 Å². The topological polar surface area (TPSA) is 84.7 Å². The molecule has 0 bridgehead atoms. The molecule has 2 fully saturated rings. The Morgan fingerprint density at radius 1 is 1.35 bits per heavy atom. The summed E-state index contributed by atoms with van der Waals surface area (Å²) in [7, 11) is 1.84. The van der Waals surface area contributed by atoms with E-state index >= 15 is 0 Å². The van der Waals surface area contributed by atoms with Crippen LogP contribution in [0.1, 0.15) is 43.9 Å². The van der Waals surface area contributed by atoms with Crippen molar-refractivity contribution in [2.24, 2.45) is 11.8 Å². The normalized spacial score (nSPS) is 23.8. The summed E-state index contributed by atoms with van der Waals surface area (Å²) in [6.45, 7) is 2.27. The molecule has 0 unspecified atom stereocenters. The molecular weight excluding hydrogens is 286 g/mol. The molecule has 2 saturated carbocycles. The Labute approximate surface area is 137 Å². The summed E-state index contributed by atoms with van der Waals surface area (Å²) >= 11 is 0. The number of nitrogens with one attached hydrogen (secondary N) is 4. The van der Waals surface area contributed by atoms with Crippen LogP contribution in [0.3, 0.4) is 0 Å². The number of pyridine rings is 1. The minimum Gasteiger partial charge on any atom is -0.388 e. The van der Waals surface area contributed by atoms with Crippen molar-refractivity contribution < 1.29 is 0 Å². The van der Waals surface area contributed by atoms with E-state index in [4.69, 9.17) is 10.8 Å². The van der Waals surface area contributed by atoms with Crippen LogP contribution in [0, 0.1) is 22.7 Å². The van der Waals surface area contributed by atoms with Crippen molar-refractivity contribution >= 4 is 23.2 Å². The third-order valence-corrected chi connectivity index (χ3v) is 4.75. The molecular formula is C18H25N5. The Kier molecular flexibility index (Phi) is 4.46. The van der Waals surface area contributed by atoms with Gasteiger partial charge in [0, 0.05) is 60.2 Å². The molecule has 0 atom stereocenters. The Balaban J connectivity index is 1.86. The van der Waals surface area contributed by atoms with Gasteiger partial charge in [0.05, 0.1) is 5.69 Å². The lowest BCUT2D eigenvalue weighted by Gasteiger charge is -2.33. The second kappa shape index (κ2) is 6.52. The minimum absolute atomic E-state index is 0.380. The van der Waals surface area contributed by atoms with Crippen molar-refractivity contribution in [3.63, 3.8) is 0 Å². The Hall–Kier alpha value is -2.17. The van der Waals surface area contributed by atoms with Crippen LogP contribution in [-0.4, -0.2) is 30.0 Å². The lowest BCUT2D eigenvalue weighted by Crippen LogP contribution is -2.37. The van der Waals surface area contributed by atoms with E-state index in [0.29, 0.717) is 17.7 Å². The average Bonchev–Trinajstić information content (AvgIpc) is 3.37. The van der Waals surface area contributed by atoms with E-state index in [-0.39, 0.29) is 0 Å². The zero-order chi connectivity index (χ0) is 16.4. The second-order valence-corrected chi connectivity index (χ2v) is 6.74. The van der Waals surface area contributed by atoms with Crippen LogP contribution in [0.25, 0.3) is 5.57 Å². The highest BCUT2D eigenvalue weighted by molar-refractivity contribution is 6.23. The highest BCUT2D eigenvalue weighted by Crippen LogP contribution is 2.35. The monoisotopic (exact) mass is 311 g/mol. The molecule has 1 heterocycles. The SMILES string of the molecule is CNc1cc(/C(=C/NC2CC(C)C2)C(=N)C2CC2)ncc1C=N. The molecule has 0 amide bonds. The van der Waals surface area contributed by atoms with Gasteiger partial charge >= 0.3 is 0 Å². The third-order valence-electron chi connectivity index (χ3n) is 4.75. The van der Waals surface area contributed by atoms with Crippen LogP contribution >= 0.6 is 0 Å². The molecule has 2 aliphatic rings. The molecule has 23 heavy (non-hydrogen) atoms. The Morgan fingerprint density at radius 2 is 2.09 bits per heavy atom. The molecule has 3 rings (SSSR count). The molecule has 0 saturated heterocycles. The fourth-order valence-electron chi connectivity index (χ4n) is 3.07. The zero-order valence-corrected chi connectivity index (χ0v) is 13.8. The molecule has 0 spiro atoms. The predicted molar refractivity (Wildman–Crippen MR) is 95.4 cm³/mol. The van der Waals surface area contributed by atoms with Crippen molar-refractivity contribution in [2.45, 2.75) is 38.6 Å². The van der Waals surface area contributed by atoms with Gasteiger partial charge in [0.1, 0.15) is 0 Å². The predicted octanol–water partition coefficient (Wildman–Crippen LogP) is 3.28. The van der Waals surface area contributed by atoms with Crippen molar-refractivity contribution in [1.29, 1.82) is 10.8 Å². The van der Waals surface area contributed by atoms with E-state index in [1.165, 1.54) is 19.1 Å². The second-order valence-electron chi connectivity index (χ2n) is 6.74.